The highest BCUT2D eigenvalue weighted by Gasteiger charge is 2.36. The van der Waals surface area contributed by atoms with Crippen LogP contribution in [0.5, 0.6) is 0 Å². The first kappa shape index (κ1) is 18.6. The maximum atomic E-state index is 12.6. The molecular weight excluding hydrogens is 360 g/mol. The summed E-state index contributed by atoms with van der Waals surface area (Å²) in [5.41, 5.74) is 3.78. The molecule has 0 unspecified atom stereocenters. The highest BCUT2D eigenvalue weighted by atomic mass is 32.2. The molecule has 0 spiro atoms. The highest BCUT2D eigenvalue weighted by molar-refractivity contribution is 8.18. The van der Waals surface area contributed by atoms with Crippen LogP contribution in [0.2, 0.25) is 0 Å². The Morgan fingerprint density at radius 1 is 1.15 bits per heavy atom. The normalized spacial score (nSPS) is 15.3. The van der Waals surface area contributed by atoms with Gasteiger partial charge in [-0.3, -0.25) is 19.3 Å². The number of nitrogens with zero attached hydrogens (tertiary/aromatic N) is 2. The maximum Gasteiger partial charge on any atom is 0.293 e. The fourth-order valence-corrected chi connectivity index (χ4v) is 3.56. The number of carbonyl (C=O) groups excluding carboxylic acids is 3. The van der Waals surface area contributed by atoms with E-state index in [1.54, 1.807) is 6.08 Å². The molecule has 1 fully saturated rings. The summed E-state index contributed by atoms with van der Waals surface area (Å²) in [5, 5.41) is 8.35. The van der Waals surface area contributed by atoms with Crippen molar-refractivity contribution >= 4 is 34.8 Å². The molecule has 1 aliphatic heterocycles. The average molecular weight is 376 g/mol. The molecule has 1 heterocycles. The summed E-state index contributed by atoms with van der Waals surface area (Å²) < 4.78 is 0. The predicted octanol–water partition coefficient (Wildman–Crippen LogP) is 4.09. The van der Waals surface area contributed by atoms with Gasteiger partial charge in [-0.1, -0.05) is 35.9 Å². The van der Waals surface area contributed by atoms with Gasteiger partial charge in [0, 0.05) is 5.56 Å². The number of aryl methyl sites for hydroxylation is 2. The monoisotopic (exact) mass is 376 g/mol. The Balaban J connectivity index is 1.78. The Hall–Kier alpha value is -3.17. The average Bonchev–Trinajstić information content (AvgIpc) is 2.91. The van der Waals surface area contributed by atoms with Crippen LogP contribution in [0.3, 0.4) is 0 Å². The molecule has 5 nitrogen and oxygen atoms in total. The lowest BCUT2D eigenvalue weighted by molar-refractivity contribution is -0.122. The fraction of sp³-hybridized carbons (Fsp3) is 0.143. The van der Waals surface area contributed by atoms with E-state index in [1.165, 1.54) is 24.3 Å². The van der Waals surface area contributed by atoms with E-state index in [4.69, 9.17) is 5.26 Å². The Morgan fingerprint density at radius 3 is 2.48 bits per heavy atom. The van der Waals surface area contributed by atoms with Crippen LogP contribution in [0, 0.1) is 25.2 Å². The lowest BCUT2D eigenvalue weighted by Crippen LogP contribution is -2.33. The van der Waals surface area contributed by atoms with Crippen molar-refractivity contribution in [1.82, 2.24) is 4.90 Å². The van der Waals surface area contributed by atoms with E-state index in [9.17, 15) is 14.4 Å². The summed E-state index contributed by atoms with van der Waals surface area (Å²) in [6.45, 7) is 3.61. The molecule has 6 heteroatoms. The molecule has 1 aliphatic rings. The van der Waals surface area contributed by atoms with Gasteiger partial charge in [-0.15, -0.1) is 0 Å². The molecular formula is C21H16N2O3S. The van der Waals surface area contributed by atoms with Crippen LogP contribution in [-0.4, -0.2) is 28.4 Å². The Kier molecular flexibility index (Phi) is 5.24. The number of hydrogen-bond acceptors (Lipinski definition) is 5. The number of thioether (sulfide) groups is 1. The van der Waals surface area contributed by atoms with Crippen molar-refractivity contribution in [1.29, 1.82) is 5.26 Å². The third-order valence-corrected chi connectivity index (χ3v) is 5.13. The number of Topliss-reactive ketones (excluding diaryl/α,β-unsaturated/α-hetero) is 1. The maximum absolute atomic E-state index is 12.6. The summed E-state index contributed by atoms with van der Waals surface area (Å²) in [4.78, 5) is 38.5. The van der Waals surface area contributed by atoms with Gasteiger partial charge in [-0.05, 0) is 54.9 Å². The Bertz CT molecular complexity index is 1020. The number of amides is 2. The summed E-state index contributed by atoms with van der Waals surface area (Å²) >= 11 is 0.836. The third kappa shape index (κ3) is 3.99. The summed E-state index contributed by atoms with van der Waals surface area (Å²) in [5.74, 6) is -0.818. The molecule has 0 bridgehead atoms. The molecule has 27 heavy (non-hydrogen) atoms. The largest absolute Gasteiger partial charge is 0.293 e. The first-order chi connectivity index (χ1) is 12.9. The van der Waals surface area contributed by atoms with E-state index in [2.05, 4.69) is 0 Å². The molecule has 134 valence electrons. The summed E-state index contributed by atoms with van der Waals surface area (Å²) in [6, 6.07) is 13.9. The third-order valence-electron chi connectivity index (χ3n) is 4.22. The molecule has 0 N–H and O–H groups in total. The SMILES string of the molecule is Cc1ccc(/C=C2\SC(=O)N(CC(=O)c3ccc(C#N)cc3)C2=O)c(C)c1. The number of benzene rings is 2. The van der Waals surface area contributed by atoms with E-state index in [1.807, 2.05) is 38.1 Å². The van der Waals surface area contributed by atoms with Gasteiger partial charge in [0.2, 0.25) is 0 Å². The minimum Gasteiger partial charge on any atom is -0.292 e. The quantitative estimate of drug-likeness (QED) is 0.593. The van der Waals surface area contributed by atoms with Gasteiger partial charge >= 0.3 is 0 Å². The molecule has 0 atom stereocenters. The minimum atomic E-state index is -0.466. The molecule has 0 radical (unpaired) electrons. The Morgan fingerprint density at radius 2 is 1.85 bits per heavy atom. The highest BCUT2D eigenvalue weighted by Crippen LogP contribution is 2.32. The first-order valence-electron chi connectivity index (χ1n) is 8.25. The van der Waals surface area contributed by atoms with Crippen molar-refractivity contribution in [2.75, 3.05) is 6.54 Å². The number of ketones is 1. The van der Waals surface area contributed by atoms with Crippen LogP contribution in [-0.2, 0) is 4.79 Å². The topological polar surface area (TPSA) is 78.2 Å². The number of carbonyl (C=O) groups is 3. The lowest BCUT2D eigenvalue weighted by Gasteiger charge is -2.11. The van der Waals surface area contributed by atoms with Crippen LogP contribution in [0.25, 0.3) is 6.08 Å². The predicted molar refractivity (Wildman–Crippen MR) is 104 cm³/mol. The standard InChI is InChI=1S/C21H16N2O3S/c1-13-3-6-17(14(2)9-13)10-19-20(25)23(21(26)27-19)12-18(24)16-7-4-15(11-22)5-8-16/h3-10H,12H2,1-2H3/b19-10-. The molecule has 0 saturated carbocycles. The minimum absolute atomic E-state index is 0.305. The Labute approximate surface area is 161 Å². The molecule has 2 aromatic carbocycles. The number of hydrogen-bond donors (Lipinski definition) is 0. The molecule has 0 aromatic heterocycles. The van der Waals surface area contributed by atoms with Crippen LogP contribution < -0.4 is 0 Å². The van der Waals surface area contributed by atoms with Crippen LogP contribution in [0.4, 0.5) is 4.79 Å². The van der Waals surface area contributed by atoms with Gasteiger partial charge in [-0.25, -0.2) is 0 Å². The van der Waals surface area contributed by atoms with Gasteiger partial charge in [0.15, 0.2) is 5.78 Å². The smallest absolute Gasteiger partial charge is 0.292 e. The number of rotatable bonds is 4. The van der Waals surface area contributed by atoms with E-state index in [0.29, 0.717) is 16.0 Å². The van der Waals surface area contributed by atoms with Gasteiger partial charge in [0.1, 0.15) is 0 Å². The molecule has 3 rings (SSSR count). The van der Waals surface area contributed by atoms with E-state index < -0.39 is 11.1 Å². The first-order valence-corrected chi connectivity index (χ1v) is 9.06. The molecule has 2 aromatic rings. The van der Waals surface area contributed by atoms with Crippen molar-refractivity contribution in [3.63, 3.8) is 0 Å². The van der Waals surface area contributed by atoms with Gasteiger partial charge < -0.3 is 0 Å². The van der Waals surface area contributed by atoms with E-state index in [0.717, 1.165) is 33.4 Å². The van der Waals surface area contributed by atoms with Crippen LogP contribution in [0.1, 0.15) is 32.6 Å². The van der Waals surface area contributed by atoms with Crippen LogP contribution >= 0.6 is 11.8 Å². The zero-order valence-corrected chi connectivity index (χ0v) is 15.7. The van der Waals surface area contributed by atoms with Crippen molar-refractivity contribution < 1.29 is 14.4 Å². The second-order valence-electron chi connectivity index (χ2n) is 6.24. The second-order valence-corrected chi connectivity index (χ2v) is 7.23. The zero-order chi connectivity index (χ0) is 19.6. The van der Waals surface area contributed by atoms with E-state index in [-0.39, 0.29) is 12.3 Å². The van der Waals surface area contributed by atoms with Gasteiger partial charge in [0.25, 0.3) is 11.1 Å². The number of imide groups is 1. The zero-order valence-electron chi connectivity index (χ0n) is 14.9. The molecule has 1 saturated heterocycles. The summed E-state index contributed by atoms with van der Waals surface area (Å²) in [6.07, 6.45) is 1.69. The fourth-order valence-electron chi connectivity index (χ4n) is 2.73. The van der Waals surface area contributed by atoms with Gasteiger partial charge in [0.05, 0.1) is 23.1 Å². The van der Waals surface area contributed by atoms with E-state index >= 15 is 0 Å². The second kappa shape index (κ2) is 7.60. The van der Waals surface area contributed by atoms with Crippen molar-refractivity contribution in [3.05, 3.63) is 75.2 Å². The van der Waals surface area contributed by atoms with Crippen molar-refractivity contribution in [2.24, 2.45) is 0 Å². The molecule has 2 amide bonds. The lowest BCUT2D eigenvalue weighted by atomic mass is 10.1. The number of nitriles is 1. The van der Waals surface area contributed by atoms with Gasteiger partial charge in [-0.2, -0.15) is 5.26 Å². The molecule has 0 aliphatic carbocycles. The van der Waals surface area contributed by atoms with Crippen molar-refractivity contribution in [2.45, 2.75) is 13.8 Å². The summed E-state index contributed by atoms with van der Waals surface area (Å²) in [7, 11) is 0. The van der Waals surface area contributed by atoms with Crippen molar-refractivity contribution in [3.8, 4) is 6.07 Å². The van der Waals surface area contributed by atoms with Crippen LogP contribution in [0.15, 0.2) is 47.4 Å².